The van der Waals surface area contributed by atoms with Gasteiger partial charge in [0.05, 0.1) is 5.56 Å². The summed E-state index contributed by atoms with van der Waals surface area (Å²) in [6.45, 7) is 6.08. The number of anilines is 1. The third-order valence-electron chi connectivity index (χ3n) is 2.35. The molecule has 0 saturated heterocycles. The number of halogens is 2. The van der Waals surface area contributed by atoms with E-state index < -0.39 is 5.91 Å². The second-order valence-electron chi connectivity index (χ2n) is 5.09. The molecule has 0 atom stereocenters. The number of carbonyl (C=O) groups excluding carboxylic acids is 1. The van der Waals surface area contributed by atoms with Crippen molar-refractivity contribution in [3.05, 3.63) is 33.0 Å². The largest absolute Gasteiger partial charge is 0.296 e. The molecule has 0 aliphatic heterocycles. The van der Waals surface area contributed by atoms with Crippen molar-refractivity contribution in [2.45, 2.75) is 26.2 Å². The first kappa shape index (κ1) is 15.2. The standard InChI is InChI=1S/C12H12Cl2N4OS/c1-12(2,3)10-17-18-11(20-10)16-9(19)6-4-5-7(13)15-8(6)14/h4-5H,1-3H3,(H,16,18,19). The number of rotatable bonds is 2. The molecule has 0 spiro atoms. The molecule has 2 rings (SSSR count). The van der Waals surface area contributed by atoms with E-state index in [0.29, 0.717) is 5.13 Å². The van der Waals surface area contributed by atoms with Crippen molar-refractivity contribution in [1.82, 2.24) is 15.2 Å². The number of amides is 1. The maximum Gasteiger partial charge on any atom is 0.260 e. The highest BCUT2D eigenvalue weighted by Crippen LogP contribution is 2.28. The van der Waals surface area contributed by atoms with Crippen LogP contribution in [-0.4, -0.2) is 21.1 Å². The van der Waals surface area contributed by atoms with Gasteiger partial charge in [-0.05, 0) is 12.1 Å². The molecule has 106 valence electrons. The molecule has 2 heterocycles. The van der Waals surface area contributed by atoms with Gasteiger partial charge in [0.2, 0.25) is 5.13 Å². The Morgan fingerprint density at radius 2 is 1.95 bits per heavy atom. The zero-order valence-electron chi connectivity index (χ0n) is 11.1. The summed E-state index contributed by atoms with van der Waals surface area (Å²) in [6, 6.07) is 3.02. The van der Waals surface area contributed by atoms with Crippen LogP contribution in [0.4, 0.5) is 5.13 Å². The van der Waals surface area contributed by atoms with E-state index in [1.54, 1.807) is 0 Å². The highest BCUT2D eigenvalue weighted by Gasteiger charge is 2.21. The molecule has 1 N–H and O–H groups in total. The monoisotopic (exact) mass is 330 g/mol. The van der Waals surface area contributed by atoms with E-state index in [4.69, 9.17) is 23.2 Å². The molecule has 1 amide bonds. The molecule has 0 aromatic carbocycles. The molecule has 0 unspecified atom stereocenters. The summed E-state index contributed by atoms with van der Waals surface area (Å²) in [5.74, 6) is -0.393. The SMILES string of the molecule is CC(C)(C)c1nnc(NC(=O)c2ccc(Cl)nc2Cl)s1. The fourth-order valence-electron chi connectivity index (χ4n) is 1.32. The lowest BCUT2D eigenvalue weighted by Crippen LogP contribution is -2.12. The number of hydrogen-bond acceptors (Lipinski definition) is 5. The van der Waals surface area contributed by atoms with Crippen LogP contribution in [0.1, 0.15) is 36.1 Å². The Bertz CT molecular complexity index is 651. The Morgan fingerprint density at radius 1 is 1.25 bits per heavy atom. The van der Waals surface area contributed by atoms with Crippen LogP contribution in [0.3, 0.4) is 0 Å². The lowest BCUT2D eigenvalue weighted by Gasteiger charge is -2.12. The second kappa shape index (κ2) is 5.63. The van der Waals surface area contributed by atoms with E-state index in [1.807, 2.05) is 20.8 Å². The van der Waals surface area contributed by atoms with Gasteiger partial charge in [0, 0.05) is 5.41 Å². The van der Waals surface area contributed by atoms with Gasteiger partial charge in [0.15, 0.2) is 0 Å². The topological polar surface area (TPSA) is 67.8 Å². The van der Waals surface area contributed by atoms with E-state index in [9.17, 15) is 4.79 Å². The minimum Gasteiger partial charge on any atom is -0.296 e. The van der Waals surface area contributed by atoms with Gasteiger partial charge in [-0.2, -0.15) is 0 Å². The van der Waals surface area contributed by atoms with Crippen molar-refractivity contribution >= 4 is 45.6 Å². The molecular formula is C12H12Cl2N4OS. The maximum atomic E-state index is 12.1. The van der Waals surface area contributed by atoms with Gasteiger partial charge in [0.25, 0.3) is 5.91 Å². The first-order valence-corrected chi connectivity index (χ1v) is 7.32. The molecule has 0 fully saturated rings. The summed E-state index contributed by atoms with van der Waals surface area (Å²) >= 11 is 12.9. The van der Waals surface area contributed by atoms with E-state index in [1.165, 1.54) is 23.5 Å². The molecule has 2 aromatic rings. The Labute approximate surface area is 130 Å². The lowest BCUT2D eigenvalue weighted by molar-refractivity contribution is 0.102. The smallest absolute Gasteiger partial charge is 0.260 e. The van der Waals surface area contributed by atoms with Gasteiger partial charge < -0.3 is 0 Å². The van der Waals surface area contributed by atoms with Crippen molar-refractivity contribution in [3.8, 4) is 0 Å². The first-order valence-electron chi connectivity index (χ1n) is 5.75. The van der Waals surface area contributed by atoms with Crippen LogP contribution in [0.5, 0.6) is 0 Å². The fraction of sp³-hybridized carbons (Fsp3) is 0.333. The van der Waals surface area contributed by atoms with Gasteiger partial charge in [0.1, 0.15) is 15.3 Å². The minimum absolute atomic E-state index is 0.0514. The Kier molecular flexibility index (Phi) is 4.27. The van der Waals surface area contributed by atoms with Crippen LogP contribution < -0.4 is 5.32 Å². The van der Waals surface area contributed by atoms with Gasteiger partial charge in [-0.25, -0.2) is 4.98 Å². The Balaban J connectivity index is 2.17. The van der Waals surface area contributed by atoms with Crippen molar-refractivity contribution in [2.24, 2.45) is 0 Å². The van der Waals surface area contributed by atoms with Crippen LogP contribution >= 0.6 is 34.5 Å². The molecule has 0 bridgehead atoms. The fourth-order valence-corrected chi connectivity index (χ4v) is 2.55. The predicted molar refractivity (Wildman–Crippen MR) is 80.8 cm³/mol. The number of pyridine rings is 1. The lowest BCUT2D eigenvalue weighted by atomic mass is 9.98. The van der Waals surface area contributed by atoms with E-state index >= 15 is 0 Å². The first-order chi connectivity index (χ1) is 9.27. The predicted octanol–water partition coefficient (Wildman–Crippen LogP) is 3.79. The summed E-state index contributed by atoms with van der Waals surface area (Å²) in [6.07, 6.45) is 0. The van der Waals surface area contributed by atoms with Crippen molar-refractivity contribution in [3.63, 3.8) is 0 Å². The van der Waals surface area contributed by atoms with Gasteiger partial charge in [-0.3, -0.25) is 10.1 Å². The van der Waals surface area contributed by atoms with E-state index in [-0.39, 0.29) is 21.3 Å². The maximum absolute atomic E-state index is 12.1. The number of nitrogens with zero attached hydrogens (tertiary/aromatic N) is 3. The quantitative estimate of drug-likeness (QED) is 0.850. The summed E-state index contributed by atoms with van der Waals surface area (Å²) < 4.78 is 0. The van der Waals surface area contributed by atoms with Crippen LogP contribution in [0, 0.1) is 0 Å². The average Bonchev–Trinajstić information content (AvgIpc) is 2.76. The van der Waals surface area contributed by atoms with Gasteiger partial charge in [-0.1, -0.05) is 55.3 Å². The molecule has 2 aromatic heterocycles. The summed E-state index contributed by atoms with van der Waals surface area (Å²) in [7, 11) is 0. The zero-order valence-corrected chi connectivity index (χ0v) is 13.4. The number of hydrogen-bond donors (Lipinski definition) is 1. The molecular weight excluding hydrogens is 319 g/mol. The van der Waals surface area contributed by atoms with Gasteiger partial charge >= 0.3 is 0 Å². The number of nitrogens with one attached hydrogen (secondary N) is 1. The highest BCUT2D eigenvalue weighted by atomic mass is 35.5. The molecule has 8 heteroatoms. The summed E-state index contributed by atoms with van der Waals surface area (Å²) in [4.78, 5) is 15.9. The third-order valence-corrected chi connectivity index (χ3v) is 4.11. The summed E-state index contributed by atoms with van der Waals surface area (Å²) in [5.41, 5.74) is 0.128. The zero-order chi connectivity index (χ0) is 14.9. The van der Waals surface area contributed by atoms with Crippen LogP contribution in [0.2, 0.25) is 10.3 Å². The molecule has 0 radical (unpaired) electrons. The minimum atomic E-state index is -0.393. The van der Waals surface area contributed by atoms with Crippen molar-refractivity contribution < 1.29 is 4.79 Å². The molecule has 20 heavy (non-hydrogen) atoms. The second-order valence-corrected chi connectivity index (χ2v) is 6.81. The van der Waals surface area contributed by atoms with Crippen molar-refractivity contribution in [2.75, 3.05) is 5.32 Å². The van der Waals surface area contributed by atoms with Gasteiger partial charge in [-0.15, -0.1) is 10.2 Å². The molecule has 0 aliphatic rings. The van der Waals surface area contributed by atoms with Crippen LogP contribution in [0.15, 0.2) is 12.1 Å². The normalized spacial score (nSPS) is 11.4. The number of aromatic nitrogens is 3. The number of carbonyl (C=O) groups is 1. The Hall–Kier alpha value is -1.24. The summed E-state index contributed by atoms with van der Waals surface area (Å²) in [5, 5.41) is 12.2. The van der Waals surface area contributed by atoms with Crippen LogP contribution in [-0.2, 0) is 5.41 Å². The third kappa shape index (κ3) is 3.45. The Morgan fingerprint density at radius 3 is 2.50 bits per heavy atom. The van der Waals surface area contributed by atoms with E-state index in [0.717, 1.165) is 5.01 Å². The molecule has 0 saturated carbocycles. The highest BCUT2D eigenvalue weighted by molar-refractivity contribution is 7.15. The van der Waals surface area contributed by atoms with Crippen LogP contribution in [0.25, 0.3) is 0 Å². The molecule has 5 nitrogen and oxygen atoms in total. The van der Waals surface area contributed by atoms with Crippen molar-refractivity contribution in [1.29, 1.82) is 0 Å². The molecule has 0 aliphatic carbocycles. The van der Waals surface area contributed by atoms with E-state index in [2.05, 4.69) is 20.5 Å². The average molecular weight is 331 g/mol.